The lowest BCUT2D eigenvalue weighted by molar-refractivity contribution is 0.415. The van der Waals surface area contributed by atoms with Gasteiger partial charge >= 0.3 is 0 Å². The van der Waals surface area contributed by atoms with Crippen LogP contribution in [0.2, 0.25) is 0 Å². The van der Waals surface area contributed by atoms with Crippen molar-refractivity contribution in [2.24, 2.45) is 4.99 Å². The molecule has 0 spiro atoms. The fourth-order valence-corrected chi connectivity index (χ4v) is 4.17. The van der Waals surface area contributed by atoms with Crippen molar-refractivity contribution in [2.75, 3.05) is 32.1 Å². The number of methoxy groups -OCH3 is 1. The molecule has 2 N–H and O–H groups in total. The molecule has 0 aliphatic carbocycles. The van der Waals surface area contributed by atoms with Gasteiger partial charge in [0.05, 0.1) is 12.8 Å². The summed E-state index contributed by atoms with van der Waals surface area (Å²) in [6.07, 6.45) is 4.91. The van der Waals surface area contributed by atoms with E-state index >= 15 is 0 Å². The van der Waals surface area contributed by atoms with Gasteiger partial charge in [0, 0.05) is 51.7 Å². The minimum atomic E-state index is 0.335. The fourth-order valence-electron chi connectivity index (χ4n) is 4.17. The predicted octanol–water partition coefficient (Wildman–Crippen LogP) is 3.19. The van der Waals surface area contributed by atoms with Crippen molar-refractivity contribution in [3.63, 3.8) is 0 Å². The maximum absolute atomic E-state index is 5.53. The largest absolute Gasteiger partial charge is 0.495 e. The number of nitrogens with one attached hydrogen (secondary N) is 2. The lowest BCUT2D eigenvalue weighted by atomic mass is 10.1. The highest BCUT2D eigenvalue weighted by molar-refractivity contribution is 5.80. The van der Waals surface area contributed by atoms with Crippen LogP contribution in [0.5, 0.6) is 5.75 Å². The molecule has 1 aliphatic rings. The third-order valence-electron chi connectivity index (χ3n) is 5.91. The normalized spacial score (nSPS) is 16.3. The summed E-state index contributed by atoms with van der Waals surface area (Å²) in [5.41, 5.74) is 3.63. The van der Waals surface area contributed by atoms with E-state index in [1.807, 2.05) is 38.5 Å². The number of nitrogens with zero attached hydrogens (tertiary/aromatic N) is 4. The number of rotatable bonds is 7. The zero-order valence-corrected chi connectivity index (χ0v) is 19.1. The summed E-state index contributed by atoms with van der Waals surface area (Å²) in [6.45, 7) is 5.48. The topological polar surface area (TPSA) is 66.7 Å². The maximum Gasteiger partial charge on any atom is 0.191 e. The van der Waals surface area contributed by atoms with Gasteiger partial charge in [-0.2, -0.15) is 0 Å². The Balaban J connectivity index is 1.31. The van der Waals surface area contributed by atoms with E-state index in [4.69, 9.17) is 4.74 Å². The molecule has 1 saturated heterocycles. The van der Waals surface area contributed by atoms with E-state index < -0.39 is 0 Å². The number of aliphatic imine (C=N–C) groups is 1. The van der Waals surface area contributed by atoms with E-state index in [2.05, 4.69) is 66.5 Å². The molecule has 0 radical (unpaired) electrons. The van der Waals surface area contributed by atoms with Crippen LogP contribution in [-0.2, 0) is 13.1 Å². The molecule has 0 saturated carbocycles. The van der Waals surface area contributed by atoms with Crippen molar-refractivity contribution in [1.29, 1.82) is 0 Å². The second kappa shape index (κ2) is 10.2. The lowest BCUT2D eigenvalue weighted by Crippen LogP contribution is -2.44. The number of anilines is 1. The molecule has 2 aromatic carbocycles. The van der Waals surface area contributed by atoms with E-state index in [1.165, 1.54) is 11.1 Å². The Morgan fingerprint density at radius 3 is 2.81 bits per heavy atom. The van der Waals surface area contributed by atoms with Crippen molar-refractivity contribution < 1.29 is 4.74 Å². The highest BCUT2D eigenvalue weighted by Gasteiger charge is 2.25. The molecule has 1 aliphatic heterocycles. The van der Waals surface area contributed by atoms with Gasteiger partial charge in [-0.3, -0.25) is 4.99 Å². The van der Waals surface area contributed by atoms with Gasteiger partial charge in [0.15, 0.2) is 5.96 Å². The van der Waals surface area contributed by atoms with Gasteiger partial charge in [-0.15, -0.1) is 0 Å². The molecule has 2 heterocycles. The number of hydrogen-bond acceptors (Lipinski definition) is 4. The average molecular weight is 433 g/mol. The van der Waals surface area contributed by atoms with Gasteiger partial charge in [-0.1, -0.05) is 36.4 Å². The predicted molar refractivity (Wildman–Crippen MR) is 129 cm³/mol. The van der Waals surface area contributed by atoms with Gasteiger partial charge in [0.1, 0.15) is 11.6 Å². The summed E-state index contributed by atoms with van der Waals surface area (Å²) >= 11 is 0. The Labute approximate surface area is 190 Å². The van der Waals surface area contributed by atoms with E-state index in [0.29, 0.717) is 6.04 Å². The van der Waals surface area contributed by atoms with Crippen molar-refractivity contribution in [2.45, 2.75) is 32.5 Å². The van der Waals surface area contributed by atoms with Crippen LogP contribution in [0.4, 0.5) is 5.69 Å². The molecular formula is C25H32N6O. The minimum Gasteiger partial charge on any atom is -0.495 e. The minimum absolute atomic E-state index is 0.335. The first-order valence-corrected chi connectivity index (χ1v) is 11.1. The van der Waals surface area contributed by atoms with Crippen LogP contribution >= 0.6 is 0 Å². The van der Waals surface area contributed by atoms with Crippen LogP contribution < -0.4 is 20.3 Å². The molecule has 7 nitrogen and oxygen atoms in total. The smallest absolute Gasteiger partial charge is 0.191 e. The summed E-state index contributed by atoms with van der Waals surface area (Å²) in [5, 5.41) is 7.04. The molecule has 7 heteroatoms. The molecule has 3 aromatic rings. The van der Waals surface area contributed by atoms with Crippen molar-refractivity contribution in [3.05, 3.63) is 77.9 Å². The SMILES string of the molecule is CN=C(NCc1cccc(Cn2ccnc2C)c1)NC1CCN(c2ccccc2OC)C1. The van der Waals surface area contributed by atoms with E-state index in [9.17, 15) is 0 Å². The molecule has 1 fully saturated rings. The third kappa shape index (κ3) is 5.22. The van der Waals surface area contributed by atoms with Gasteiger partial charge in [0.2, 0.25) is 0 Å². The molecule has 4 rings (SSSR count). The highest BCUT2D eigenvalue weighted by atomic mass is 16.5. The summed E-state index contributed by atoms with van der Waals surface area (Å²) in [6, 6.07) is 17.2. The molecular weight excluding hydrogens is 400 g/mol. The number of imidazole rings is 1. The van der Waals surface area contributed by atoms with Gasteiger partial charge in [-0.25, -0.2) is 4.98 Å². The molecule has 32 heavy (non-hydrogen) atoms. The Kier molecular flexibility index (Phi) is 6.94. The van der Waals surface area contributed by atoms with Crippen molar-refractivity contribution in [1.82, 2.24) is 20.2 Å². The number of guanidine groups is 1. The number of ether oxygens (including phenoxy) is 1. The van der Waals surface area contributed by atoms with Crippen molar-refractivity contribution in [3.8, 4) is 5.75 Å². The van der Waals surface area contributed by atoms with Gasteiger partial charge < -0.3 is 24.8 Å². The molecule has 1 unspecified atom stereocenters. The number of aromatic nitrogens is 2. The van der Waals surface area contributed by atoms with Gasteiger partial charge in [-0.05, 0) is 36.6 Å². The number of para-hydroxylation sites is 2. The summed E-state index contributed by atoms with van der Waals surface area (Å²) in [4.78, 5) is 11.1. The number of benzene rings is 2. The molecule has 168 valence electrons. The lowest BCUT2D eigenvalue weighted by Gasteiger charge is -2.22. The third-order valence-corrected chi connectivity index (χ3v) is 5.91. The zero-order valence-electron chi connectivity index (χ0n) is 19.1. The number of aryl methyl sites for hydroxylation is 1. The summed E-state index contributed by atoms with van der Waals surface area (Å²) in [7, 11) is 3.54. The molecule has 0 amide bonds. The van der Waals surface area contributed by atoms with Crippen LogP contribution in [0.15, 0.2) is 65.9 Å². The number of hydrogen-bond donors (Lipinski definition) is 2. The quantitative estimate of drug-likeness (QED) is 0.443. The summed E-state index contributed by atoms with van der Waals surface area (Å²) < 4.78 is 7.68. The first-order chi connectivity index (χ1) is 15.7. The standard InChI is InChI=1S/C25H32N6O/c1-19-27-12-14-30(19)17-21-8-6-7-20(15-21)16-28-25(26-2)29-22-11-13-31(18-22)23-9-4-5-10-24(23)32-3/h4-10,12,14-15,22H,11,13,16-18H2,1-3H3,(H2,26,28,29). The molecule has 0 bridgehead atoms. The Morgan fingerprint density at radius 2 is 2.03 bits per heavy atom. The van der Waals surface area contributed by atoms with E-state index in [0.717, 1.165) is 55.8 Å². The van der Waals surface area contributed by atoms with Crippen LogP contribution in [0.25, 0.3) is 0 Å². The first-order valence-electron chi connectivity index (χ1n) is 11.1. The van der Waals surface area contributed by atoms with Crippen LogP contribution in [0, 0.1) is 6.92 Å². The first kappa shape index (κ1) is 21.7. The zero-order chi connectivity index (χ0) is 22.3. The van der Waals surface area contributed by atoms with Gasteiger partial charge in [0.25, 0.3) is 0 Å². The fraction of sp³-hybridized carbons (Fsp3) is 0.360. The average Bonchev–Trinajstić information content (AvgIpc) is 3.45. The highest BCUT2D eigenvalue weighted by Crippen LogP contribution is 2.30. The second-order valence-electron chi connectivity index (χ2n) is 8.10. The van der Waals surface area contributed by atoms with E-state index in [1.54, 1.807) is 7.11 Å². The van der Waals surface area contributed by atoms with Crippen LogP contribution in [-0.4, -0.2) is 48.8 Å². The Morgan fingerprint density at radius 1 is 1.19 bits per heavy atom. The monoisotopic (exact) mass is 432 g/mol. The van der Waals surface area contributed by atoms with Crippen molar-refractivity contribution >= 4 is 11.6 Å². The molecule has 1 atom stereocenters. The Hall–Kier alpha value is -3.48. The maximum atomic E-state index is 5.53. The second-order valence-corrected chi connectivity index (χ2v) is 8.10. The van der Waals surface area contributed by atoms with Crippen LogP contribution in [0.3, 0.4) is 0 Å². The summed E-state index contributed by atoms with van der Waals surface area (Å²) in [5.74, 6) is 2.77. The Bertz CT molecular complexity index is 1060. The molecule has 1 aromatic heterocycles. The van der Waals surface area contributed by atoms with Crippen LogP contribution in [0.1, 0.15) is 23.4 Å². The van der Waals surface area contributed by atoms with E-state index in [-0.39, 0.29) is 0 Å².